The number of hydrogen-bond donors (Lipinski definition) is 0. The number of nitrogens with zero attached hydrogens (tertiary/aromatic N) is 2. The van der Waals surface area contributed by atoms with E-state index in [1.54, 1.807) is 37.7 Å². The van der Waals surface area contributed by atoms with Crippen LogP contribution in [0.3, 0.4) is 0 Å². The quantitative estimate of drug-likeness (QED) is 0.297. The van der Waals surface area contributed by atoms with Gasteiger partial charge in [0, 0.05) is 17.2 Å². The molecule has 0 atom stereocenters. The van der Waals surface area contributed by atoms with Crippen molar-refractivity contribution >= 4 is 38.5 Å². The number of hydrogen-bond acceptors (Lipinski definition) is 4. The van der Waals surface area contributed by atoms with Crippen LogP contribution in [0, 0.1) is 13.8 Å². The second kappa shape index (κ2) is 6.20. The van der Waals surface area contributed by atoms with Crippen LogP contribution in [-0.4, -0.2) is 21.5 Å². The topological polar surface area (TPSA) is 61.2 Å². The summed E-state index contributed by atoms with van der Waals surface area (Å²) in [6.07, 6.45) is 0. The van der Waals surface area contributed by atoms with E-state index in [2.05, 4.69) is 21.0 Å². The molecule has 1 aromatic heterocycles. The van der Waals surface area contributed by atoms with E-state index >= 15 is 0 Å². The first kappa shape index (κ1) is 16.4. The van der Waals surface area contributed by atoms with Crippen molar-refractivity contribution in [2.75, 3.05) is 0 Å². The molecule has 0 aliphatic heterocycles. The number of ketones is 1. The smallest absolute Gasteiger partial charge is 0.385 e. The van der Waals surface area contributed by atoms with Gasteiger partial charge in [-0.2, -0.15) is 5.10 Å². The zero-order valence-electron chi connectivity index (χ0n) is 13.5. The number of esters is 1. The largest absolute Gasteiger partial charge is 0.421 e. The highest BCUT2D eigenvalue weighted by molar-refractivity contribution is 9.10. The van der Waals surface area contributed by atoms with Gasteiger partial charge in [0.15, 0.2) is 0 Å². The summed E-state index contributed by atoms with van der Waals surface area (Å²) < 4.78 is 7.79. The molecule has 6 heteroatoms. The third kappa shape index (κ3) is 2.97. The molecule has 0 unspecified atom stereocenters. The van der Waals surface area contributed by atoms with Gasteiger partial charge < -0.3 is 4.74 Å². The number of carbonyl (C=O) groups is 2. The highest BCUT2D eigenvalue weighted by atomic mass is 79.9. The van der Waals surface area contributed by atoms with Crippen molar-refractivity contribution < 1.29 is 14.3 Å². The summed E-state index contributed by atoms with van der Waals surface area (Å²) in [5.74, 6) is -1.26. The SMILES string of the molecule is Cc1nn(C)c(C)c1C(=O)C(=O)Oc1ccc2cc(Br)ccc2c1. The minimum atomic E-state index is -0.911. The van der Waals surface area contributed by atoms with Gasteiger partial charge in [0.2, 0.25) is 0 Å². The van der Waals surface area contributed by atoms with E-state index in [4.69, 9.17) is 4.74 Å². The monoisotopic (exact) mass is 386 g/mol. The number of benzene rings is 2. The van der Waals surface area contributed by atoms with Gasteiger partial charge in [-0.15, -0.1) is 0 Å². The van der Waals surface area contributed by atoms with Crippen LogP contribution in [0.2, 0.25) is 0 Å². The van der Waals surface area contributed by atoms with Gasteiger partial charge in [-0.25, -0.2) is 4.79 Å². The lowest BCUT2D eigenvalue weighted by molar-refractivity contribution is -0.129. The van der Waals surface area contributed by atoms with Gasteiger partial charge in [0.25, 0.3) is 5.78 Å². The second-order valence-corrected chi connectivity index (χ2v) is 6.46. The maximum absolute atomic E-state index is 12.4. The molecule has 0 N–H and O–H groups in total. The summed E-state index contributed by atoms with van der Waals surface area (Å²) in [6, 6.07) is 11.0. The minimum Gasteiger partial charge on any atom is -0.421 e. The van der Waals surface area contributed by atoms with Crippen LogP contribution in [0.15, 0.2) is 40.9 Å². The first-order valence-electron chi connectivity index (χ1n) is 7.33. The fraction of sp³-hybridized carbons (Fsp3) is 0.167. The third-order valence-corrected chi connectivity index (χ3v) is 4.40. The normalized spacial score (nSPS) is 10.8. The summed E-state index contributed by atoms with van der Waals surface area (Å²) in [7, 11) is 1.73. The lowest BCUT2D eigenvalue weighted by Gasteiger charge is -2.06. The van der Waals surface area contributed by atoms with Crippen LogP contribution in [0.25, 0.3) is 10.8 Å². The highest BCUT2D eigenvalue weighted by Crippen LogP contribution is 2.24. The number of rotatable bonds is 3. The molecule has 0 aliphatic rings. The Bertz CT molecular complexity index is 976. The number of halogens is 1. The molecule has 0 fully saturated rings. The number of aromatic nitrogens is 2. The predicted octanol–water partition coefficient (Wildman–Crippen LogP) is 3.74. The fourth-order valence-corrected chi connectivity index (χ4v) is 2.99. The van der Waals surface area contributed by atoms with Crippen LogP contribution < -0.4 is 4.74 Å². The van der Waals surface area contributed by atoms with E-state index in [0.29, 0.717) is 22.7 Å². The van der Waals surface area contributed by atoms with E-state index in [1.165, 1.54) is 0 Å². The first-order valence-corrected chi connectivity index (χ1v) is 8.12. The maximum atomic E-state index is 12.4. The van der Waals surface area contributed by atoms with Crippen molar-refractivity contribution in [3.05, 3.63) is 57.8 Å². The van der Waals surface area contributed by atoms with Crippen LogP contribution in [-0.2, 0) is 11.8 Å². The van der Waals surface area contributed by atoms with E-state index in [9.17, 15) is 9.59 Å². The Morgan fingerprint density at radius 1 is 1.08 bits per heavy atom. The van der Waals surface area contributed by atoms with Crippen molar-refractivity contribution in [2.45, 2.75) is 13.8 Å². The average molecular weight is 387 g/mol. The predicted molar refractivity (Wildman–Crippen MR) is 94.3 cm³/mol. The van der Waals surface area contributed by atoms with Crippen molar-refractivity contribution in [3.8, 4) is 5.75 Å². The third-order valence-electron chi connectivity index (χ3n) is 3.91. The van der Waals surface area contributed by atoms with Crippen molar-refractivity contribution in [3.63, 3.8) is 0 Å². The van der Waals surface area contributed by atoms with E-state index < -0.39 is 11.8 Å². The molecule has 3 aromatic rings. The van der Waals surface area contributed by atoms with Crippen molar-refractivity contribution in [1.29, 1.82) is 0 Å². The Kier molecular flexibility index (Phi) is 4.24. The molecular weight excluding hydrogens is 372 g/mol. The zero-order valence-corrected chi connectivity index (χ0v) is 15.0. The summed E-state index contributed by atoms with van der Waals surface area (Å²) in [6.45, 7) is 3.44. The van der Waals surface area contributed by atoms with Gasteiger partial charge in [-0.05, 0) is 48.9 Å². The van der Waals surface area contributed by atoms with Crippen molar-refractivity contribution in [1.82, 2.24) is 9.78 Å². The lowest BCUT2D eigenvalue weighted by Crippen LogP contribution is -2.21. The van der Waals surface area contributed by atoms with Gasteiger partial charge in [0.1, 0.15) is 5.75 Å². The van der Waals surface area contributed by atoms with E-state index in [-0.39, 0.29) is 0 Å². The lowest BCUT2D eigenvalue weighted by atomic mass is 10.1. The summed E-state index contributed by atoms with van der Waals surface area (Å²) in [5.41, 5.74) is 1.45. The number of aryl methyl sites for hydroxylation is 2. The Morgan fingerprint density at radius 3 is 2.42 bits per heavy atom. The Balaban J connectivity index is 1.86. The van der Waals surface area contributed by atoms with Gasteiger partial charge in [0.05, 0.1) is 11.3 Å². The Morgan fingerprint density at radius 2 is 1.75 bits per heavy atom. The number of Topliss-reactive ketones (excluding diaryl/α,β-unsaturated/α-hetero) is 1. The Labute approximate surface area is 147 Å². The van der Waals surface area contributed by atoms with Gasteiger partial charge >= 0.3 is 5.97 Å². The number of carbonyl (C=O) groups excluding carboxylic acids is 2. The van der Waals surface area contributed by atoms with Crippen LogP contribution in [0.4, 0.5) is 0 Å². The van der Waals surface area contributed by atoms with Gasteiger partial charge in [-0.1, -0.05) is 28.1 Å². The van der Waals surface area contributed by atoms with Gasteiger partial charge in [-0.3, -0.25) is 9.48 Å². The molecule has 3 rings (SSSR count). The van der Waals surface area contributed by atoms with E-state index in [0.717, 1.165) is 15.2 Å². The maximum Gasteiger partial charge on any atom is 0.385 e. The molecule has 5 nitrogen and oxygen atoms in total. The highest BCUT2D eigenvalue weighted by Gasteiger charge is 2.25. The molecule has 0 radical (unpaired) electrons. The van der Waals surface area contributed by atoms with Crippen LogP contribution in [0.1, 0.15) is 21.7 Å². The zero-order chi connectivity index (χ0) is 17.4. The molecule has 0 saturated carbocycles. The molecule has 0 bridgehead atoms. The summed E-state index contributed by atoms with van der Waals surface area (Å²) in [4.78, 5) is 24.6. The minimum absolute atomic E-state index is 0.298. The Hall–Kier alpha value is -2.47. The molecule has 0 spiro atoms. The van der Waals surface area contributed by atoms with Crippen LogP contribution >= 0.6 is 15.9 Å². The molecular formula is C18H15BrN2O3. The molecule has 2 aromatic carbocycles. The number of ether oxygens (including phenoxy) is 1. The summed E-state index contributed by atoms with van der Waals surface area (Å²) >= 11 is 3.41. The molecule has 0 saturated heterocycles. The molecule has 0 amide bonds. The fourth-order valence-electron chi connectivity index (χ4n) is 2.62. The summed E-state index contributed by atoms with van der Waals surface area (Å²) in [5, 5.41) is 6.08. The molecule has 1 heterocycles. The molecule has 0 aliphatic carbocycles. The number of fused-ring (bicyclic) bond motifs is 1. The van der Waals surface area contributed by atoms with Crippen LogP contribution in [0.5, 0.6) is 5.75 Å². The standard InChI is InChI=1S/C18H15BrN2O3/c1-10-16(11(2)21(3)20-10)17(22)18(23)24-15-7-5-12-8-14(19)6-4-13(12)9-15/h4-9H,1-3H3. The molecule has 24 heavy (non-hydrogen) atoms. The van der Waals surface area contributed by atoms with Crippen molar-refractivity contribution in [2.24, 2.45) is 7.05 Å². The first-order chi connectivity index (χ1) is 11.4. The average Bonchev–Trinajstić information content (AvgIpc) is 2.79. The second-order valence-electron chi connectivity index (χ2n) is 5.54. The van der Waals surface area contributed by atoms with E-state index in [1.807, 2.05) is 24.3 Å². The molecule has 122 valence electrons.